The van der Waals surface area contributed by atoms with Gasteiger partial charge in [0, 0.05) is 38.6 Å². The highest BCUT2D eigenvalue weighted by molar-refractivity contribution is 14.0. The molecule has 2 aromatic carbocycles. The van der Waals surface area contributed by atoms with Gasteiger partial charge in [-0.2, -0.15) is 0 Å². The molecule has 2 aliphatic rings. The number of piperidine rings is 1. The molecule has 0 radical (unpaired) electrons. The van der Waals surface area contributed by atoms with E-state index in [9.17, 15) is 0 Å². The van der Waals surface area contributed by atoms with E-state index in [0.29, 0.717) is 25.8 Å². The molecule has 174 valence electrons. The first-order chi connectivity index (χ1) is 15.3. The van der Waals surface area contributed by atoms with Crippen LogP contribution in [0.4, 0.5) is 0 Å². The molecule has 0 bridgehead atoms. The number of guanidine groups is 1. The molecule has 2 aromatic rings. The number of likely N-dealkylation sites (tertiary alicyclic amines) is 1. The van der Waals surface area contributed by atoms with Crippen molar-refractivity contribution >= 4 is 29.9 Å². The lowest BCUT2D eigenvalue weighted by Crippen LogP contribution is -2.48. The van der Waals surface area contributed by atoms with Crippen LogP contribution < -0.4 is 20.1 Å². The molecule has 6 nitrogen and oxygen atoms in total. The van der Waals surface area contributed by atoms with Crippen LogP contribution in [-0.4, -0.2) is 49.7 Å². The van der Waals surface area contributed by atoms with Crippen LogP contribution in [0.1, 0.15) is 37.3 Å². The highest BCUT2D eigenvalue weighted by Gasteiger charge is 2.20. The van der Waals surface area contributed by atoms with Gasteiger partial charge in [-0.05, 0) is 43.0 Å². The third kappa shape index (κ3) is 7.27. The van der Waals surface area contributed by atoms with Crippen molar-refractivity contribution in [1.29, 1.82) is 0 Å². The lowest BCUT2D eigenvalue weighted by Gasteiger charge is -2.33. The van der Waals surface area contributed by atoms with Gasteiger partial charge in [0.2, 0.25) is 0 Å². The largest absolute Gasteiger partial charge is 0.490 e. The smallest absolute Gasteiger partial charge is 0.191 e. The summed E-state index contributed by atoms with van der Waals surface area (Å²) in [6.07, 6.45) is 3.17. The van der Waals surface area contributed by atoms with Crippen LogP contribution in [-0.2, 0) is 13.1 Å². The van der Waals surface area contributed by atoms with E-state index >= 15 is 0 Å². The predicted octanol–water partition coefficient (Wildman–Crippen LogP) is 4.19. The van der Waals surface area contributed by atoms with Gasteiger partial charge in [-0.1, -0.05) is 36.4 Å². The summed E-state index contributed by atoms with van der Waals surface area (Å²) in [7, 11) is 0. The summed E-state index contributed by atoms with van der Waals surface area (Å²) in [6.45, 7) is 8.22. The minimum atomic E-state index is 0. The molecule has 0 aliphatic carbocycles. The number of fused-ring (bicyclic) bond motifs is 1. The van der Waals surface area contributed by atoms with Gasteiger partial charge in [0.1, 0.15) is 0 Å². The number of nitrogens with zero attached hydrogens (tertiary/aromatic N) is 2. The molecule has 2 N–H and O–H groups in total. The molecule has 2 aliphatic heterocycles. The van der Waals surface area contributed by atoms with E-state index in [2.05, 4.69) is 64.9 Å². The van der Waals surface area contributed by atoms with Crippen molar-refractivity contribution < 1.29 is 9.47 Å². The number of rotatable bonds is 6. The van der Waals surface area contributed by atoms with E-state index < -0.39 is 0 Å². The van der Waals surface area contributed by atoms with E-state index in [1.807, 2.05) is 6.07 Å². The number of benzene rings is 2. The van der Waals surface area contributed by atoms with Crippen LogP contribution in [0.5, 0.6) is 11.5 Å². The highest BCUT2D eigenvalue weighted by Crippen LogP contribution is 2.30. The SMILES string of the molecule is CCNC(=NCc1ccc2c(c1)OCCCO2)NC1CCN(Cc2ccccc2)CC1.I. The van der Waals surface area contributed by atoms with Gasteiger partial charge < -0.3 is 20.1 Å². The Morgan fingerprint density at radius 1 is 1.00 bits per heavy atom. The molecular formula is C25H35IN4O2. The first-order valence-electron chi connectivity index (χ1n) is 11.5. The normalized spacial score (nSPS) is 17.2. The van der Waals surface area contributed by atoms with Crippen LogP contribution in [0.2, 0.25) is 0 Å². The maximum absolute atomic E-state index is 5.81. The van der Waals surface area contributed by atoms with Crippen LogP contribution in [0, 0.1) is 0 Å². The average Bonchev–Trinajstić information content (AvgIpc) is 3.05. The van der Waals surface area contributed by atoms with Crippen molar-refractivity contribution in [2.75, 3.05) is 32.8 Å². The van der Waals surface area contributed by atoms with Crippen molar-refractivity contribution in [2.24, 2.45) is 4.99 Å². The maximum atomic E-state index is 5.81. The third-order valence-electron chi connectivity index (χ3n) is 5.75. The molecule has 4 rings (SSSR count). The van der Waals surface area contributed by atoms with Crippen molar-refractivity contribution in [1.82, 2.24) is 15.5 Å². The van der Waals surface area contributed by atoms with E-state index in [0.717, 1.165) is 68.5 Å². The van der Waals surface area contributed by atoms with Crippen LogP contribution in [0.15, 0.2) is 53.5 Å². The first-order valence-corrected chi connectivity index (χ1v) is 11.5. The third-order valence-corrected chi connectivity index (χ3v) is 5.75. The van der Waals surface area contributed by atoms with Crippen molar-refractivity contribution in [3.63, 3.8) is 0 Å². The monoisotopic (exact) mass is 550 g/mol. The van der Waals surface area contributed by atoms with Crippen LogP contribution in [0.3, 0.4) is 0 Å². The molecule has 1 saturated heterocycles. The van der Waals surface area contributed by atoms with E-state index in [1.165, 1.54) is 5.56 Å². The Balaban J connectivity index is 0.00000289. The summed E-state index contributed by atoms with van der Waals surface area (Å²) in [4.78, 5) is 7.36. The van der Waals surface area contributed by atoms with Crippen molar-refractivity contribution in [2.45, 2.75) is 45.3 Å². The zero-order valence-corrected chi connectivity index (χ0v) is 21.2. The molecule has 0 aromatic heterocycles. The fraction of sp³-hybridized carbons (Fsp3) is 0.480. The fourth-order valence-corrected chi connectivity index (χ4v) is 4.07. The molecule has 0 atom stereocenters. The Morgan fingerprint density at radius 2 is 1.75 bits per heavy atom. The van der Waals surface area contributed by atoms with Gasteiger partial charge in [-0.25, -0.2) is 4.99 Å². The van der Waals surface area contributed by atoms with Crippen LogP contribution in [0.25, 0.3) is 0 Å². The Kier molecular flexibility index (Phi) is 9.92. The Hall–Kier alpha value is -2.00. The summed E-state index contributed by atoms with van der Waals surface area (Å²) in [6, 6.07) is 17.3. The molecule has 0 spiro atoms. The van der Waals surface area contributed by atoms with Gasteiger partial charge in [0.05, 0.1) is 19.8 Å². The van der Waals surface area contributed by atoms with Crippen molar-refractivity contribution in [3.05, 3.63) is 59.7 Å². The lowest BCUT2D eigenvalue weighted by atomic mass is 10.0. The first kappa shape index (κ1) is 24.6. The standard InChI is InChI=1S/C25H34N4O2.HI/c1-2-26-25(27-18-21-9-10-23-24(17-21)31-16-6-15-30-23)28-22-11-13-29(14-12-22)19-20-7-4-3-5-8-20;/h3-5,7-10,17,22H,2,6,11-16,18-19H2,1H3,(H2,26,27,28);1H. The highest BCUT2D eigenvalue weighted by atomic mass is 127. The second-order valence-corrected chi connectivity index (χ2v) is 8.21. The number of halogens is 1. The number of hydrogen-bond acceptors (Lipinski definition) is 4. The summed E-state index contributed by atoms with van der Waals surface area (Å²) < 4.78 is 11.5. The van der Waals surface area contributed by atoms with Gasteiger partial charge in [-0.3, -0.25) is 4.90 Å². The van der Waals surface area contributed by atoms with Crippen molar-refractivity contribution in [3.8, 4) is 11.5 Å². The number of hydrogen-bond donors (Lipinski definition) is 2. The van der Waals surface area contributed by atoms with E-state index in [1.54, 1.807) is 0 Å². The number of nitrogens with one attached hydrogen (secondary N) is 2. The van der Waals surface area contributed by atoms with E-state index in [-0.39, 0.29) is 24.0 Å². The molecular weight excluding hydrogens is 515 g/mol. The Bertz CT molecular complexity index is 854. The zero-order chi connectivity index (χ0) is 21.3. The molecule has 7 heteroatoms. The lowest BCUT2D eigenvalue weighted by molar-refractivity contribution is 0.198. The Morgan fingerprint density at radius 3 is 2.50 bits per heavy atom. The quantitative estimate of drug-likeness (QED) is 0.321. The summed E-state index contributed by atoms with van der Waals surface area (Å²) >= 11 is 0. The number of aliphatic imine (C=N–C) groups is 1. The molecule has 1 fully saturated rings. The average molecular weight is 550 g/mol. The minimum Gasteiger partial charge on any atom is -0.490 e. The molecule has 0 saturated carbocycles. The van der Waals surface area contributed by atoms with Gasteiger partial charge in [0.25, 0.3) is 0 Å². The topological polar surface area (TPSA) is 58.1 Å². The Labute approximate surface area is 208 Å². The second kappa shape index (κ2) is 12.9. The molecule has 0 amide bonds. The minimum absolute atomic E-state index is 0. The second-order valence-electron chi connectivity index (χ2n) is 8.21. The number of ether oxygens (including phenoxy) is 2. The zero-order valence-electron chi connectivity index (χ0n) is 18.9. The fourth-order valence-electron chi connectivity index (χ4n) is 4.07. The van der Waals surface area contributed by atoms with Gasteiger partial charge in [-0.15, -0.1) is 24.0 Å². The summed E-state index contributed by atoms with van der Waals surface area (Å²) in [5.74, 6) is 2.54. The van der Waals surface area contributed by atoms with Gasteiger partial charge >= 0.3 is 0 Å². The van der Waals surface area contributed by atoms with Crippen LogP contribution >= 0.6 is 24.0 Å². The van der Waals surface area contributed by atoms with E-state index in [4.69, 9.17) is 14.5 Å². The maximum Gasteiger partial charge on any atom is 0.191 e. The van der Waals surface area contributed by atoms with Gasteiger partial charge in [0.15, 0.2) is 17.5 Å². The molecule has 2 heterocycles. The predicted molar refractivity (Wildman–Crippen MR) is 140 cm³/mol. The molecule has 32 heavy (non-hydrogen) atoms. The molecule has 0 unspecified atom stereocenters. The summed E-state index contributed by atoms with van der Waals surface area (Å²) in [5.41, 5.74) is 2.51. The summed E-state index contributed by atoms with van der Waals surface area (Å²) in [5, 5.41) is 7.03.